The first-order valence-electron chi connectivity index (χ1n) is 5.32. The summed E-state index contributed by atoms with van der Waals surface area (Å²) in [6, 6.07) is 0. The predicted octanol–water partition coefficient (Wildman–Crippen LogP) is 0.430. The van der Waals surface area contributed by atoms with Gasteiger partial charge in [-0.25, -0.2) is 9.78 Å². The molecule has 6 nitrogen and oxygen atoms in total. The van der Waals surface area contributed by atoms with E-state index in [4.69, 9.17) is 16.3 Å². The Morgan fingerprint density at radius 1 is 1.59 bits per heavy atom. The van der Waals surface area contributed by atoms with Gasteiger partial charge in [0.2, 0.25) is 5.28 Å². The molecule has 1 aliphatic heterocycles. The van der Waals surface area contributed by atoms with Crippen molar-refractivity contribution in [3.63, 3.8) is 0 Å². The van der Waals surface area contributed by atoms with Crippen LogP contribution in [-0.2, 0) is 18.3 Å². The summed E-state index contributed by atoms with van der Waals surface area (Å²) >= 11 is 5.77. The molecule has 2 aromatic rings. The molecule has 2 aromatic heterocycles. The summed E-state index contributed by atoms with van der Waals surface area (Å²) in [5.41, 5.74) is 1.19. The summed E-state index contributed by atoms with van der Waals surface area (Å²) in [7, 11) is 1.70. The number of hydrogen-bond donors (Lipinski definition) is 0. The summed E-state index contributed by atoms with van der Waals surface area (Å²) < 4.78 is 8.28. The normalized spacial score (nSPS) is 16.4. The molecule has 0 amide bonds. The third-order valence-electron chi connectivity index (χ3n) is 3.00. The van der Waals surface area contributed by atoms with E-state index < -0.39 is 0 Å². The molecule has 0 atom stereocenters. The topological polar surface area (TPSA) is 61.9 Å². The number of halogens is 1. The smallest absolute Gasteiger partial charge is 0.330 e. The van der Waals surface area contributed by atoms with Crippen molar-refractivity contribution < 1.29 is 4.74 Å². The summed E-state index contributed by atoms with van der Waals surface area (Å²) in [5.74, 6) is 0.382. The summed E-state index contributed by atoms with van der Waals surface area (Å²) in [6.45, 7) is 2.01. The molecule has 0 aromatic carbocycles. The van der Waals surface area contributed by atoms with Gasteiger partial charge in [0, 0.05) is 19.5 Å². The largest absolute Gasteiger partial charge is 0.381 e. The van der Waals surface area contributed by atoms with Crippen LogP contribution >= 0.6 is 11.6 Å². The maximum absolute atomic E-state index is 12.0. The summed E-state index contributed by atoms with van der Waals surface area (Å²) in [5, 5.41) is 0.154. The van der Waals surface area contributed by atoms with Gasteiger partial charge in [-0.3, -0.25) is 9.13 Å². The van der Waals surface area contributed by atoms with Gasteiger partial charge in [0.05, 0.1) is 19.4 Å². The zero-order chi connectivity index (χ0) is 12.0. The van der Waals surface area contributed by atoms with Gasteiger partial charge < -0.3 is 4.74 Å². The number of fused-ring (bicyclic) bond motifs is 1. The van der Waals surface area contributed by atoms with E-state index in [1.807, 2.05) is 0 Å². The molecule has 90 valence electrons. The van der Waals surface area contributed by atoms with Crippen molar-refractivity contribution in [1.82, 2.24) is 19.1 Å². The van der Waals surface area contributed by atoms with Crippen molar-refractivity contribution in [3.8, 4) is 0 Å². The van der Waals surface area contributed by atoms with Gasteiger partial charge in [-0.15, -0.1) is 0 Å². The van der Waals surface area contributed by atoms with Crippen LogP contribution in [0.25, 0.3) is 11.2 Å². The van der Waals surface area contributed by atoms with Crippen LogP contribution in [-0.4, -0.2) is 32.3 Å². The molecule has 0 radical (unpaired) electrons. The summed E-state index contributed by atoms with van der Waals surface area (Å²) in [6.07, 6.45) is 1.57. The van der Waals surface area contributed by atoms with E-state index in [1.165, 1.54) is 4.57 Å². The van der Waals surface area contributed by atoms with Crippen LogP contribution < -0.4 is 5.69 Å². The average molecular weight is 255 g/mol. The Bertz CT molecular complexity index is 629. The Balaban J connectivity index is 2.17. The van der Waals surface area contributed by atoms with Crippen LogP contribution in [0.1, 0.15) is 0 Å². The maximum atomic E-state index is 12.0. The van der Waals surface area contributed by atoms with Gasteiger partial charge in [-0.1, -0.05) is 0 Å². The molecule has 0 aliphatic carbocycles. The van der Waals surface area contributed by atoms with E-state index in [1.54, 1.807) is 17.8 Å². The third-order valence-corrected chi connectivity index (χ3v) is 3.19. The fourth-order valence-electron chi connectivity index (χ4n) is 1.97. The van der Waals surface area contributed by atoms with Crippen LogP contribution in [0.4, 0.5) is 0 Å². The first-order chi connectivity index (χ1) is 8.16. The molecule has 1 fully saturated rings. The van der Waals surface area contributed by atoms with Crippen molar-refractivity contribution in [3.05, 3.63) is 22.0 Å². The molecule has 0 N–H and O–H groups in total. The Hall–Kier alpha value is -1.40. The second kappa shape index (κ2) is 3.82. The first kappa shape index (κ1) is 10.7. The van der Waals surface area contributed by atoms with E-state index in [2.05, 4.69) is 9.97 Å². The van der Waals surface area contributed by atoms with E-state index in [-0.39, 0.29) is 11.0 Å². The maximum Gasteiger partial charge on any atom is 0.330 e. The van der Waals surface area contributed by atoms with Gasteiger partial charge in [0.15, 0.2) is 5.65 Å². The fraction of sp³-hybridized carbons (Fsp3) is 0.500. The van der Waals surface area contributed by atoms with Crippen LogP contribution in [0, 0.1) is 5.92 Å². The lowest BCUT2D eigenvalue weighted by Crippen LogP contribution is -2.35. The number of nitrogens with zero attached hydrogens (tertiary/aromatic N) is 4. The minimum atomic E-state index is -0.0940. The van der Waals surface area contributed by atoms with Crippen LogP contribution in [0.5, 0.6) is 0 Å². The van der Waals surface area contributed by atoms with E-state index in [9.17, 15) is 4.79 Å². The predicted molar refractivity (Wildman–Crippen MR) is 62.1 cm³/mol. The molecular weight excluding hydrogens is 244 g/mol. The molecule has 0 unspecified atom stereocenters. The molecule has 1 aliphatic rings. The zero-order valence-corrected chi connectivity index (χ0v) is 10.0. The van der Waals surface area contributed by atoms with Crippen molar-refractivity contribution in [2.75, 3.05) is 13.2 Å². The van der Waals surface area contributed by atoms with Gasteiger partial charge in [0.25, 0.3) is 0 Å². The number of aromatic nitrogens is 4. The lowest BCUT2D eigenvalue weighted by Gasteiger charge is -2.25. The first-order valence-corrected chi connectivity index (χ1v) is 5.70. The number of rotatable bonds is 2. The fourth-order valence-corrected chi connectivity index (χ4v) is 2.10. The number of aryl methyl sites for hydroxylation is 1. The van der Waals surface area contributed by atoms with Gasteiger partial charge in [-0.2, -0.15) is 4.98 Å². The second-order valence-electron chi connectivity index (χ2n) is 4.20. The highest BCUT2D eigenvalue weighted by Gasteiger charge is 2.22. The zero-order valence-electron chi connectivity index (χ0n) is 9.26. The van der Waals surface area contributed by atoms with Gasteiger partial charge in [-0.05, 0) is 11.6 Å². The van der Waals surface area contributed by atoms with Crippen LogP contribution in [0.2, 0.25) is 5.28 Å². The molecular formula is C10H11ClN4O2. The van der Waals surface area contributed by atoms with E-state index >= 15 is 0 Å². The highest BCUT2D eigenvalue weighted by Crippen LogP contribution is 2.16. The third kappa shape index (κ3) is 1.64. The van der Waals surface area contributed by atoms with E-state index in [0.717, 1.165) is 0 Å². The van der Waals surface area contributed by atoms with E-state index in [0.29, 0.717) is 36.8 Å². The van der Waals surface area contributed by atoms with Crippen LogP contribution in [0.3, 0.4) is 0 Å². The summed E-state index contributed by atoms with van der Waals surface area (Å²) in [4.78, 5) is 20.1. The lowest BCUT2D eigenvalue weighted by molar-refractivity contribution is -0.0394. The Kier molecular flexibility index (Phi) is 2.41. The molecule has 0 bridgehead atoms. The minimum absolute atomic E-state index is 0.0940. The average Bonchev–Trinajstić information content (AvgIpc) is 2.47. The minimum Gasteiger partial charge on any atom is -0.381 e. The van der Waals surface area contributed by atoms with Crippen molar-refractivity contribution in [2.45, 2.75) is 6.54 Å². The monoisotopic (exact) mass is 254 g/mol. The molecule has 1 saturated heterocycles. The quantitative estimate of drug-likeness (QED) is 0.729. The number of ether oxygens (including phenoxy) is 1. The lowest BCUT2D eigenvalue weighted by atomic mass is 10.1. The number of hydrogen-bond acceptors (Lipinski definition) is 4. The second-order valence-corrected chi connectivity index (χ2v) is 4.54. The molecule has 3 rings (SSSR count). The Morgan fingerprint density at radius 2 is 2.35 bits per heavy atom. The molecule has 0 spiro atoms. The Morgan fingerprint density at radius 3 is 3.00 bits per heavy atom. The van der Waals surface area contributed by atoms with Crippen LogP contribution in [0.15, 0.2) is 11.0 Å². The molecule has 3 heterocycles. The standard InChI is InChI=1S/C10H11ClN4O2/c1-14-7-2-12-9(11)13-8(7)15(10(14)16)3-6-4-17-5-6/h2,6H,3-5H2,1H3. The number of imidazole rings is 1. The Labute approximate surface area is 102 Å². The van der Waals surface area contributed by atoms with Gasteiger partial charge >= 0.3 is 5.69 Å². The van der Waals surface area contributed by atoms with Crippen molar-refractivity contribution in [2.24, 2.45) is 13.0 Å². The van der Waals surface area contributed by atoms with Crippen molar-refractivity contribution >= 4 is 22.8 Å². The highest BCUT2D eigenvalue weighted by atomic mass is 35.5. The van der Waals surface area contributed by atoms with Crippen molar-refractivity contribution in [1.29, 1.82) is 0 Å². The SMILES string of the molecule is Cn1c(=O)n(CC2COC2)c2nc(Cl)ncc21. The molecule has 0 saturated carbocycles. The highest BCUT2D eigenvalue weighted by molar-refractivity contribution is 6.28. The molecule has 7 heteroatoms. The molecule has 17 heavy (non-hydrogen) atoms. The van der Waals surface area contributed by atoms with Gasteiger partial charge in [0.1, 0.15) is 5.52 Å².